The molecule has 1 atom stereocenters. The molecule has 0 saturated heterocycles. The van der Waals surface area contributed by atoms with Crippen LogP contribution in [0.5, 0.6) is 0 Å². The fourth-order valence-electron chi connectivity index (χ4n) is 3.86. The number of aryl methyl sites for hydroxylation is 1. The van der Waals surface area contributed by atoms with Gasteiger partial charge in [-0.1, -0.05) is 61.5 Å². The third kappa shape index (κ3) is 6.74. The molecule has 196 valence electrons. The maximum absolute atomic E-state index is 14.5. The van der Waals surface area contributed by atoms with Crippen molar-refractivity contribution in [2.45, 2.75) is 44.7 Å². The summed E-state index contributed by atoms with van der Waals surface area (Å²) in [5, 5.41) is 2.76. The van der Waals surface area contributed by atoms with Crippen molar-refractivity contribution < 1.29 is 22.4 Å². The van der Waals surface area contributed by atoms with Crippen LogP contribution in [-0.4, -0.2) is 44.3 Å². The van der Waals surface area contributed by atoms with Crippen LogP contribution in [0.15, 0.2) is 83.8 Å². The van der Waals surface area contributed by atoms with Crippen LogP contribution in [0.25, 0.3) is 0 Å². The predicted octanol–water partition coefficient (Wildman–Crippen LogP) is 4.27. The molecule has 2 amide bonds. The molecule has 9 heteroatoms. The van der Waals surface area contributed by atoms with Crippen LogP contribution in [0.1, 0.15) is 31.4 Å². The molecule has 1 N–H and O–H groups in total. The van der Waals surface area contributed by atoms with E-state index in [0.717, 1.165) is 4.31 Å². The topological polar surface area (TPSA) is 86.8 Å². The molecular weight excluding hydrogens is 493 g/mol. The summed E-state index contributed by atoms with van der Waals surface area (Å²) in [5.74, 6) is -1.56. The number of carbonyl (C=O) groups is 2. The van der Waals surface area contributed by atoms with Crippen molar-refractivity contribution >= 4 is 27.5 Å². The molecule has 3 rings (SSSR count). The van der Waals surface area contributed by atoms with Crippen molar-refractivity contribution in [3.05, 3.63) is 95.8 Å². The smallest absolute Gasteiger partial charge is 0.264 e. The Kier molecular flexibility index (Phi) is 9.41. The van der Waals surface area contributed by atoms with Gasteiger partial charge in [-0.3, -0.25) is 13.9 Å². The Hall–Kier alpha value is -3.72. The van der Waals surface area contributed by atoms with E-state index >= 15 is 0 Å². The van der Waals surface area contributed by atoms with Gasteiger partial charge in [-0.15, -0.1) is 0 Å². The van der Waals surface area contributed by atoms with Crippen LogP contribution >= 0.6 is 0 Å². The van der Waals surface area contributed by atoms with Crippen LogP contribution in [0.2, 0.25) is 0 Å². The summed E-state index contributed by atoms with van der Waals surface area (Å²) >= 11 is 0. The molecule has 0 aromatic heterocycles. The average molecular weight is 526 g/mol. The molecule has 0 unspecified atom stereocenters. The monoisotopic (exact) mass is 525 g/mol. The van der Waals surface area contributed by atoms with Crippen LogP contribution in [0, 0.1) is 12.7 Å². The van der Waals surface area contributed by atoms with Crippen molar-refractivity contribution in [2.75, 3.05) is 17.4 Å². The number of hydrogen-bond donors (Lipinski definition) is 1. The first-order valence-corrected chi connectivity index (χ1v) is 13.5. The van der Waals surface area contributed by atoms with Crippen molar-refractivity contribution in [1.82, 2.24) is 10.2 Å². The number of benzene rings is 3. The summed E-state index contributed by atoms with van der Waals surface area (Å²) < 4.78 is 43.0. The molecule has 0 fully saturated rings. The normalized spacial score (nSPS) is 12.0. The first-order valence-electron chi connectivity index (χ1n) is 12.1. The van der Waals surface area contributed by atoms with Crippen LogP contribution < -0.4 is 9.62 Å². The molecule has 0 spiro atoms. The fourth-order valence-corrected chi connectivity index (χ4v) is 5.36. The minimum atomic E-state index is -4.14. The van der Waals surface area contributed by atoms with Crippen LogP contribution in [0.4, 0.5) is 10.1 Å². The van der Waals surface area contributed by atoms with E-state index in [2.05, 4.69) is 5.32 Å². The first kappa shape index (κ1) is 27.9. The SMILES string of the molecule is CCCNC(=O)[C@@H](C)N(Cc1ccccc1F)C(=O)CN(c1ccccc1C)S(=O)(=O)c1ccccc1. The van der Waals surface area contributed by atoms with Gasteiger partial charge in [-0.25, -0.2) is 12.8 Å². The van der Waals surface area contributed by atoms with E-state index in [1.165, 1.54) is 35.2 Å². The van der Waals surface area contributed by atoms with Crippen LogP contribution in [0.3, 0.4) is 0 Å². The van der Waals surface area contributed by atoms with Crippen molar-refractivity contribution in [1.29, 1.82) is 0 Å². The number of nitrogens with one attached hydrogen (secondary N) is 1. The van der Waals surface area contributed by atoms with Gasteiger partial charge < -0.3 is 10.2 Å². The number of nitrogens with zero attached hydrogens (tertiary/aromatic N) is 2. The lowest BCUT2D eigenvalue weighted by molar-refractivity contribution is -0.139. The van der Waals surface area contributed by atoms with E-state index in [-0.39, 0.29) is 17.0 Å². The number of carbonyl (C=O) groups excluding carboxylic acids is 2. The lowest BCUT2D eigenvalue weighted by Gasteiger charge is -2.32. The van der Waals surface area contributed by atoms with Gasteiger partial charge >= 0.3 is 0 Å². The highest BCUT2D eigenvalue weighted by molar-refractivity contribution is 7.92. The third-order valence-corrected chi connectivity index (χ3v) is 7.78. The molecule has 37 heavy (non-hydrogen) atoms. The molecular formula is C28H32FN3O4S. The number of amides is 2. The Labute approximate surface area is 218 Å². The second-order valence-electron chi connectivity index (χ2n) is 8.69. The summed E-state index contributed by atoms with van der Waals surface area (Å²) in [6.45, 7) is 4.87. The van der Waals surface area contributed by atoms with E-state index in [4.69, 9.17) is 0 Å². The summed E-state index contributed by atoms with van der Waals surface area (Å²) in [7, 11) is -4.14. The van der Waals surface area contributed by atoms with E-state index in [9.17, 15) is 22.4 Å². The van der Waals surface area contributed by atoms with Crippen LogP contribution in [-0.2, 0) is 26.2 Å². The summed E-state index contributed by atoms with van der Waals surface area (Å²) in [5.41, 5.74) is 1.22. The lowest BCUT2D eigenvalue weighted by atomic mass is 10.1. The zero-order chi connectivity index (χ0) is 27.0. The number of hydrogen-bond acceptors (Lipinski definition) is 4. The van der Waals surface area contributed by atoms with E-state index < -0.39 is 40.2 Å². The molecule has 3 aromatic rings. The minimum Gasteiger partial charge on any atom is -0.354 e. The lowest BCUT2D eigenvalue weighted by Crippen LogP contribution is -2.51. The molecule has 0 radical (unpaired) electrons. The summed E-state index contributed by atoms with van der Waals surface area (Å²) in [6, 6.07) is 19.7. The minimum absolute atomic E-state index is 0.0282. The zero-order valence-electron chi connectivity index (χ0n) is 21.2. The fraction of sp³-hybridized carbons (Fsp3) is 0.286. The number of sulfonamides is 1. The highest BCUT2D eigenvalue weighted by atomic mass is 32.2. The van der Waals surface area contributed by atoms with E-state index in [1.54, 1.807) is 62.4 Å². The number of para-hydroxylation sites is 1. The molecule has 0 aliphatic heterocycles. The molecule has 0 saturated carbocycles. The van der Waals surface area contributed by atoms with Gasteiger partial charge in [-0.2, -0.15) is 0 Å². The van der Waals surface area contributed by atoms with Gasteiger partial charge in [0.2, 0.25) is 11.8 Å². The van der Waals surface area contributed by atoms with Gasteiger partial charge in [0.15, 0.2) is 0 Å². The van der Waals surface area contributed by atoms with Crippen molar-refractivity contribution in [2.24, 2.45) is 0 Å². The molecule has 7 nitrogen and oxygen atoms in total. The Morgan fingerprint density at radius 3 is 2.22 bits per heavy atom. The number of rotatable bonds is 11. The van der Waals surface area contributed by atoms with E-state index in [0.29, 0.717) is 24.2 Å². The Morgan fingerprint density at radius 1 is 0.946 bits per heavy atom. The van der Waals surface area contributed by atoms with Gasteiger partial charge in [0.1, 0.15) is 18.4 Å². The average Bonchev–Trinajstić information content (AvgIpc) is 2.90. The molecule has 0 bridgehead atoms. The Balaban J connectivity index is 2.03. The highest BCUT2D eigenvalue weighted by Gasteiger charge is 2.33. The quantitative estimate of drug-likeness (QED) is 0.405. The second-order valence-corrected chi connectivity index (χ2v) is 10.6. The largest absolute Gasteiger partial charge is 0.354 e. The summed E-state index contributed by atoms with van der Waals surface area (Å²) in [4.78, 5) is 27.8. The number of halogens is 1. The zero-order valence-corrected chi connectivity index (χ0v) is 22.0. The van der Waals surface area contributed by atoms with Crippen molar-refractivity contribution in [3.8, 4) is 0 Å². The Morgan fingerprint density at radius 2 is 1.57 bits per heavy atom. The number of anilines is 1. The van der Waals surface area contributed by atoms with Gasteiger partial charge in [0.05, 0.1) is 10.6 Å². The molecule has 3 aromatic carbocycles. The maximum atomic E-state index is 14.5. The maximum Gasteiger partial charge on any atom is 0.264 e. The van der Waals surface area contributed by atoms with E-state index in [1.807, 2.05) is 6.92 Å². The highest BCUT2D eigenvalue weighted by Crippen LogP contribution is 2.27. The molecule has 0 aliphatic rings. The standard InChI is InChI=1S/C28H32FN3O4S/c1-4-18-30-28(34)22(3)31(19-23-13-9-10-16-25(23)29)27(33)20-32(26-17-11-8-12-21(26)2)37(35,36)24-14-6-5-7-15-24/h5-17,22H,4,18-20H2,1-3H3,(H,30,34)/t22-/m1/s1. The second kappa shape index (κ2) is 12.5. The van der Waals surface area contributed by atoms with Gasteiger partial charge in [0.25, 0.3) is 10.0 Å². The Bertz CT molecular complexity index is 1330. The predicted molar refractivity (Wildman–Crippen MR) is 142 cm³/mol. The molecule has 0 heterocycles. The first-order chi connectivity index (χ1) is 17.7. The van der Waals surface area contributed by atoms with Crippen molar-refractivity contribution in [3.63, 3.8) is 0 Å². The summed E-state index contributed by atoms with van der Waals surface area (Å²) in [6.07, 6.45) is 0.704. The molecule has 0 aliphatic carbocycles. The van der Waals surface area contributed by atoms with Gasteiger partial charge in [0, 0.05) is 18.7 Å². The van der Waals surface area contributed by atoms with Gasteiger partial charge in [-0.05, 0) is 50.1 Å². The third-order valence-electron chi connectivity index (χ3n) is 6.01.